The highest BCUT2D eigenvalue weighted by molar-refractivity contribution is 9.10. The van der Waals surface area contributed by atoms with Crippen molar-refractivity contribution in [3.05, 3.63) is 92.5 Å². The van der Waals surface area contributed by atoms with E-state index in [0.29, 0.717) is 32.8 Å². The summed E-state index contributed by atoms with van der Waals surface area (Å²) in [7, 11) is 1.44. The van der Waals surface area contributed by atoms with Gasteiger partial charge in [0, 0.05) is 4.47 Å². The highest BCUT2D eigenvalue weighted by Gasteiger charge is 2.37. The van der Waals surface area contributed by atoms with Crippen LogP contribution in [0.1, 0.15) is 32.6 Å². The standard InChI is InChI=1S/C28H23BrN2O7/c1-15-7-16(2)9-20(8-15)31-26(33)21(25(32)30-28(31)36)11-19-12-23(37-3)24(13-22(19)29)38-14-17-5-4-6-18(10-17)27(34)35/h4-13H,14H2,1-3H3,(H,34,35)(H,30,32,36)/b21-11+. The zero-order valence-corrected chi connectivity index (χ0v) is 22.3. The second kappa shape index (κ2) is 10.9. The number of methoxy groups -OCH3 is 1. The van der Waals surface area contributed by atoms with Crippen molar-refractivity contribution in [1.29, 1.82) is 0 Å². The molecule has 0 spiro atoms. The number of ether oxygens (including phenoxy) is 2. The highest BCUT2D eigenvalue weighted by Crippen LogP contribution is 2.36. The van der Waals surface area contributed by atoms with Gasteiger partial charge in [-0.05, 0) is 78.6 Å². The van der Waals surface area contributed by atoms with E-state index in [0.717, 1.165) is 16.0 Å². The van der Waals surface area contributed by atoms with E-state index in [-0.39, 0.29) is 17.7 Å². The maximum Gasteiger partial charge on any atom is 0.335 e. The van der Waals surface area contributed by atoms with Gasteiger partial charge < -0.3 is 14.6 Å². The largest absolute Gasteiger partial charge is 0.493 e. The van der Waals surface area contributed by atoms with E-state index in [1.165, 1.54) is 25.3 Å². The first kappa shape index (κ1) is 26.6. The molecule has 1 aliphatic heterocycles. The number of aromatic carboxylic acids is 1. The molecule has 0 unspecified atom stereocenters. The molecular weight excluding hydrogens is 556 g/mol. The van der Waals surface area contributed by atoms with Crippen LogP contribution >= 0.6 is 15.9 Å². The maximum absolute atomic E-state index is 13.3. The number of carbonyl (C=O) groups is 4. The van der Waals surface area contributed by atoms with Crippen molar-refractivity contribution in [2.24, 2.45) is 0 Å². The minimum absolute atomic E-state index is 0.0816. The third kappa shape index (κ3) is 5.60. The van der Waals surface area contributed by atoms with E-state index in [4.69, 9.17) is 9.47 Å². The molecule has 1 heterocycles. The zero-order chi connectivity index (χ0) is 27.6. The molecule has 1 fully saturated rings. The Morgan fingerprint density at radius 3 is 2.39 bits per heavy atom. The predicted octanol–water partition coefficient (Wildman–Crippen LogP) is 5.02. The van der Waals surface area contributed by atoms with Crippen molar-refractivity contribution in [2.45, 2.75) is 20.5 Å². The first-order chi connectivity index (χ1) is 18.1. The lowest BCUT2D eigenvalue weighted by Gasteiger charge is -2.27. The number of carboxylic acid groups (broad SMARTS) is 1. The molecule has 9 nitrogen and oxygen atoms in total. The molecule has 10 heteroatoms. The fourth-order valence-electron chi connectivity index (χ4n) is 4.02. The number of nitrogens with zero attached hydrogens (tertiary/aromatic N) is 1. The van der Waals surface area contributed by atoms with Gasteiger partial charge in [-0.1, -0.05) is 34.1 Å². The van der Waals surface area contributed by atoms with Crippen LogP contribution in [0.15, 0.2) is 64.6 Å². The molecule has 194 valence electrons. The summed E-state index contributed by atoms with van der Waals surface area (Å²) in [5.74, 6) is -1.93. The van der Waals surface area contributed by atoms with Crippen molar-refractivity contribution in [3.63, 3.8) is 0 Å². The Morgan fingerprint density at radius 1 is 1.03 bits per heavy atom. The number of urea groups is 1. The maximum atomic E-state index is 13.3. The fraction of sp³-hybridized carbons (Fsp3) is 0.143. The Bertz CT molecular complexity index is 1490. The number of hydrogen-bond donors (Lipinski definition) is 2. The van der Waals surface area contributed by atoms with Crippen LogP contribution < -0.4 is 19.7 Å². The second-order valence-electron chi connectivity index (χ2n) is 8.62. The summed E-state index contributed by atoms with van der Waals surface area (Å²) < 4.78 is 11.8. The molecule has 0 aromatic heterocycles. The molecule has 0 radical (unpaired) electrons. The Labute approximate surface area is 226 Å². The minimum Gasteiger partial charge on any atom is -0.493 e. The van der Waals surface area contributed by atoms with Gasteiger partial charge in [0.15, 0.2) is 11.5 Å². The third-order valence-corrected chi connectivity index (χ3v) is 6.40. The second-order valence-corrected chi connectivity index (χ2v) is 9.48. The number of carbonyl (C=O) groups excluding carboxylic acids is 3. The van der Waals surface area contributed by atoms with Crippen molar-refractivity contribution in [2.75, 3.05) is 12.0 Å². The first-order valence-corrected chi connectivity index (χ1v) is 12.2. The molecule has 0 saturated carbocycles. The van der Waals surface area contributed by atoms with E-state index in [9.17, 15) is 24.3 Å². The van der Waals surface area contributed by atoms with E-state index in [1.807, 2.05) is 19.9 Å². The van der Waals surface area contributed by atoms with Gasteiger partial charge in [-0.25, -0.2) is 14.5 Å². The van der Waals surface area contributed by atoms with Gasteiger partial charge in [0.25, 0.3) is 11.8 Å². The number of barbiturate groups is 1. The van der Waals surface area contributed by atoms with E-state index in [1.54, 1.807) is 36.4 Å². The molecule has 0 aliphatic carbocycles. The van der Waals surface area contributed by atoms with Gasteiger partial charge in [0.2, 0.25) is 0 Å². The van der Waals surface area contributed by atoms with Gasteiger partial charge in [-0.3, -0.25) is 14.9 Å². The molecule has 4 rings (SSSR count). The van der Waals surface area contributed by atoms with Crippen LogP contribution in [0.3, 0.4) is 0 Å². The van der Waals surface area contributed by atoms with Crippen molar-refractivity contribution < 1.29 is 33.8 Å². The molecule has 0 bridgehead atoms. The molecule has 3 aromatic rings. The van der Waals surface area contributed by atoms with Gasteiger partial charge in [-0.15, -0.1) is 0 Å². The molecule has 3 aromatic carbocycles. The number of halogens is 1. The fourth-order valence-corrected chi connectivity index (χ4v) is 4.45. The zero-order valence-electron chi connectivity index (χ0n) is 20.7. The third-order valence-electron chi connectivity index (χ3n) is 5.72. The van der Waals surface area contributed by atoms with Gasteiger partial charge in [0.05, 0.1) is 18.4 Å². The first-order valence-electron chi connectivity index (χ1n) is 11.4. The van der Waals surface area contributed by atoms with Crippen molar-refractivity contribution in [1.82, 2.24) is 5.32 Å². The normalized spacial score (nSPS) is 14.5. The topological polar surface area (TPSA) is 122 Å². The van der Waals surface area contributed by atoms with Gasteiger partial charge in [0.1, 0.15) is 12.2 Å². The van der Waals surface area contributed by atoms with E-state index < -0.39 is 23.8 Å². The number of amides is 4. The quantitative estimate of drug-likeness (QED) is 0.298. The number of nitrogens with one attached hydrogen (secondary N) is 1. The van der Waals surface area contributed by atoms with Crippen LogP contribution in [0.2, 0.25) is 0 Å². The molecule has 2 N–H and O–H groups in total. The van der Waals surface area contributed by atoms with E-state index in [2.05, 4.69) is 21.2 Å². The van der Waals surface area contributed by atoms with E-state index >= 15 is 0 Å². The predicted molar refractivity (Wildman–Crippen MR) is 143 cm³/mol. The van der Waals surface area contributed by atoms with Crippen LogP contribution in [0.25, 0.3) is 6.08 Å². The number of hydrogen-bond acceptors (Lipinski definition) is 6. The molecule has 1 aliphatic rings. The summed E-state index contributed by atoms with van der Waals surface area (Å²) in [6.45, 7) is 3.78. The number of aryl methyl sites for hydroxylation is 2. The summed E-state index contributed by atoms with van der Waals surface area (Å²) in [4.78, 5) is 50.7. The number of anilines is 1. The van der Waals surface area contributed by atoms with Crippen LogP contribution in [0.5, 0.6) is 11.5 Å². The van der Waals surface area contributed by atoms with Crippen LogP contribution in [-0.2, 0) is 16.2 Å². The Balaban J connectivity index is 1.64. The smallest absolute Gasteiger partial charge is 0.335 e. The van der Waals surface area contributed by atoms with Gasteiger partial charge >= 0.3 is 12.0 Å². The molecule has 38 heavy (non-hydrogen) atoms. The Hall–Kier alpha value is -4.44. The number of rotatable bonds is 7. The van der Waals surface area contributed by atoms with Crippen LogP contribution in [0.4, 0.5) is 10.5 Å². The minimum atomic E-state index is -1.04. The average Bonchev–Trinajstić information content (AvgIpc) is 2.85. The Kier molecular flexibility index (Phi) is 7.63. The van der Waals surface area contributed by atoms with Crippen LogP contribution in [-0.4, -0.2) is 36.0 Å². The lowest BCUT2D eigenvalue weighted by atomic mass is 10.0. The molecular formula is C28H23BrN2O7. The SMILES string of the molecule is COc1cc(/C=C2\C(=O)NC(=O)N(c3cc(C)cc(C)c3)C2=O)c(Br)cc1OCc1cccc(C(=O)O)c1. The summed E-state index contributed by atoms with van der Waals surface area (Å²) in [6.07, 6.45) is 1.37. The number of imide groups is 2. The summed E-state index contributed by atoms with van der Waals surface area (Å²) in [5.41, 5.74) is 3.08. The number of benzene rings is 3. The molecule has 1 saturated heterocycles. The molecule has 4 amide bonds. The lowest BCUT2D eigenvalue weighted by Crippen LogP contribution is -2.54. The summed E-state index contributed by atoms with van der Waals surface area (Å²) in [5, 5.41) is 11.4. The van der Waals surface area contributed by atoms with Crippen LogP contribution in [0, 0.1) is 13.8 Å². The molecule has 0 atom stereocenters. The highest BCUT2D eigenvalue weighted by atomic mass is 79.9. The monoisotopic (exact) mass is 578 g/mol. The van der Waals surface area contributed by atoms with Crippen molar-refractivity contribution >= 4 is 51.5 Å². The summed E-state index contributed by atoms with van der Waals surface area (Å²) in [6, 6.07) is 14.0. The number of carboxylic acids is 1. The lowest BCUT2D eigenvalue weighted by molar-refractivity contribution is -0.122. The Morgan fingerprint density at radius 2 is 1.74 bits per heavy atom. The van der Waals surface area contributed by atoms with Gasteiger partial charge in [-0.2, -0.15) is 0 Å². The summed E-state index contributed by atoms with van der Waals surface area (Å²) >= 11 is 3.44. The average molecular weight is 579 g/mol. The van der Waals surface area contributed by atoms with Crippen molar-refractivity contribution in [3.8, 4) is 11.5 Å².